The molecule has 7 nitrogen and oxygen atoms in total. The number of esters is 1. The first kappa shape index (κ1) is 19.8. The van der Waals surface area contributed by atoms with E-state index in [1.54, 1.807) is 49.8 Å². The number of para-hydroxylation sites is 1. The highest BCUT2D eigenvalue weighted by molar-refractivity contribution is 6.15. The maximum atomic E-state index is 13.2. The molecule has 0 amide bonds. The minimum Gasteiger partial charge on any atom is -0.493 e. The van der Waals surface area contributed by atoms with Crippen molar-refractivity contribution in [1.82, 2.24) is 4.98 Å². The third-order valence-corrected chi connectivity index (χ3v) is 5.59. The van der Waals surface area contributed by atoms with E-state index in [1.165, 1.54) is 7.11 Å². The summed E-state index contributed by atoms with van der Waals surface area (Å²) in [6, 6.07) is 12.4. The molecule has 7 heteroatoms. The second kappa shape index (κ2) is 7.85. The lowest BCUT2D eigenvalue weighted by atomic mass is 9.85. The van der Waals surface area contributed by atoms with Gasteiger partial charge in [0, 0.05) is 29.4 Å². The molecule has 0 spiro atoms. The molecule has 0 bridgehead atoms. The minimum absolute atomic E-state index is 0.134. The lowest BCUT2D eigenvalue weighted by Crippen LogP contribution is -2.21. The van der Waals surface area contributed by atoms with E-state index >= 15 is 0 Å². The van der Waals surface area contributed by atoms with Crippen molar-refractivity contribution < 1.29 is 28.5 Å². The van der Waals surface area contributed by atoms with Crippen molar-refractivity contribution in [3.8, 4) is 23.0 Å². The number of nitrogens with zero attached hydrogens (tertiary/aromatic N) is 1. The molecular formula is C25H19NO6. The van der Waals surface area contributed by atoms with Crippen molar-refractivity contribution in [2.75, 3.05) is 14.2 Å². The quantitative estimate of drug-likeness (QED) is 0.350. The first-order chi connectivity index (χ1) is 15.6. The van der Waals surface area contributed by atoms with Gasteiger partial charge < -0.3 is 18.9 Å². The van der Waals surface area contributed by atoms with Crippen LogP contribution in [0.25, 0.3) is 6.08 Å². The van der Waals surface area contributed by atoms with Crippen molar-refractivity contribution in [3.05, 3.63) is 82.9 Å². The Kier molecular flexibility index (Phi) is 4.86. The second-order valence-electron chi connectivity index (χ2n) is 7.39. The Bertz CT molecular complexity index is 1260. The lowest BCUT2D eigenvalue weighted by Gasteiger charge is -2.26. The van der Waals surface area contributed by atoms with Crippen LogP contribution in [0.5, 0.6) is 23.0 Å². The fourth-order valence-corrected chi connectivity index (χ4v) is 4.14. The number of carbonyl (C=O) groups is 2. The van der Waals surface area contributed by atoms with Gasteiger partial charge in [0.05, 0.1) is 26.2 Å². The number of allylic oxidation sites excluding steroid dienone is 1. The molecule has 2 aromatic carbocycles. The second-order valence-corrected chi connectivity index (χ2v) is 7.39. The topological polar surface area (TPSA) is 84.0 Å². The van der Waals surface area contributed by atoms with Crippen molar-refractivity contribution >= 4 is 17.8 Å². The predicted octanol–water partition coefficient (Wildman–Crippen LogP) is 4.16. The van der Waals surface area contributed by atoms with Gasteiger partial charge in [0.2, 0.25) is 5.78 Å². The van der Waals surface area contributed by atoms with Gasteiger partial charge in [-0.05, 0) is 35.9 Å². The number of aromatic nitrogens is 1. The van der Waals surface area contributed by atoms with Crippen molar-refractivity contribution in [2.45, 2.75) is 12.3 Å². The van der Waals surface area contributed by atoms with E-state index in [4.69, 9.17) is 18.9 Å². The molecule has 3 aromatic rings. The van der Waals surface area contributed by atoms with Crippen LogP contribution < -0.4 is 18.9 Å². The molecule has 0 aliphatic carbocycles. The van der Waals surface area contributed by atoms with Gasteiger partial charge in [0.25, 0.3) is 0 Å². The number of carbonyl (C=O) groups excluding carboxylic acids is 2. The number of rotatable bonds is 4. The molecule has 2 aliphatic heterocycles. The first-order valence-electron chi connectivity index (χ1n) is 10.0. The Morgan fingerprint density at radius 1 is 1.03 bits per heavy atom. The van der Waals surface area contributed by atoms with E-state index in [1.807, 2.05) is 18.2 Å². The highest BCUT2D eigenvalue weighted by atomic mass is 16.5. The maximum Gasteiger partial charge on any atom is 0.312 e. The molecule has 0 unspecified atom stereocenters. The summed E-state index contributed by atoms with van der Waals surface area (Å²) in [4.78, 5) is 29.6. The Morgan fingerprint density at radius 3 is 2.66 bits per heavy atom. The van der Waals surface area contributed by atoms with Crippen LogP contribution >= 0.6 is 0 Å². The smallest absolute Gasteiger partial charge is 0.312 e. The highest BCUT2D eigenvalue weighted by Gasteiger charge is 2.38. The van der Waals surface area contributed by atoms with Crippen LogP contribution in [-0.4, -0.2) is 31.0 Å². The zero-order chi connectivity index (χ0) is 22.2. The first-order valence-corrected chi connectivity index (χ1v) is 10.0. The molecule has 5 rings (SSSR count). The molecule has 1 atom stereocenters. The summed E-state index contributed by atoms with van der Waals surface area (Å²) < 4.78 is 22.4. The van der Waals surface area contributed by atoms with Crippen LogP contribution in [0, 0.1) is 0 Å². The maximum absolute atomic E-state index is 13.2. The highest BCUT2D eigenvalue weighted by Crippen LogP contribution is 2.49. The summed E-state index contributed by atoms with van der Waals surface area (Å²) >= 11 is 0. The van der Waals surface area contributed by atoms with E-state index in [2.05, 4.69) is 4.98 Å². The van der Waals surface area contributed by atoms with E-state index in [-0.39, 0.29) is 29.9 Å². The number of methoxy groups -OCH3 is 2. The Labute approximate surface area is 184 Å². The van der Waals surface area contributed by atoms with Gasteiger partial charge in [-0.25, -0.2) is 0 Å². The molecule has 0 fully saturated rings. The van der Waals surface area contributed by atoms with Gasteiger partial charge in [-0.1, -0.05) is 18.2 Å². The van der Waals surface area contributed by atoms with E-state index < -0.39 is 0 Å². The molecule has 0 radical (unpaired) electrons. The predicted molar refractivity (Wildman–Crippen MR) is 115 cm³/mol. The number of ketones is 1. The molecule has 0 saturated heterocycles. The van der Waals surface area contributed by atoms with Gasteiger partial charge in [-0.2, -0.15) is 0 Å². The number of Topliss-reactive ketones (excluding diaryl/α,β-unsaturated/α-hetero) is 1. The van der Waals surface area contributed by atoms with Gasteiger partial charge >= 0.3 is 5.97 Å². The summed E-state index contributed by atoms with van der Waals surface area (Å²) in [5, 5.41) is 0. The largest absolute Gasteiger partial charge is 0.493 e. The van der Waals surface area contributed by atoms with Gasteiger partial charge in [-0.3, -0.25) is 14.6 Å². The average Bonchev–Trinajstić information content (AvgIpc) is 3.14. The summed E-state index contributed by atoms with van der Waals surface area (Å²) in [5.74, 6) is 1.07. The molecule has 32 heavy (non-hydrogen) atoms. The average molecular weight is 429 g/mol. The summed E-state index contributed by atoms with van der Waals surface area (Å²) in [6.07, 6.45) is 5.14. The van der Waals surface area contributed by atoms with Crippen LogP contribution in [0.2, 0.25) is 0 Å². The molecule has 0 N–H and O–H groups in total. The Hall–Kier alpha value is -4.13. The van der Waals surface area contributed by atoms with Crippen LogP contribution in [0.1, 0.15) is 39.4 Å². The fourth-order valence-electron chi connectivity index (χ4n) is 4.14. The van der Waals surface area contributed by atoms with Gasteiger partial charge in [0.15, 0.2) is 17.3 Å². The third-order valence-electron chi connectivity index (χ3n) is 5.59. The SMILES string of the molecule is COc1cccc(/C=C2\Oc3c(ccc4c3[C@@H](c3cccnc3)CC(=O)O4)C2=O)c1OC. The summed E-state index contributed by atoms with van der Waals surface area (Å²) in [5.41, 5.74) is 2.59. The van der Waals surface area contributed by atoms with Crippen LogP contribution in [0.3, 0.4) is 0 Å². The summed E-state index contributed by atoms with van der Waals surface area (Å²) in [7, 11) is 3.09. The van der Waals surface area contributed by atoms with E-state index in [9.17, 15) is 9.59 Å². The normalized spacial score (nSPS) is 17.9. The van der Waals surface area contributed by atoms with E-state index in [0.29, 0.717) is 39.7 Å². The van der Waals surface area contributed by atoms with E-state index in [0.717, 1.165) is 5.56 Å². The number of benzene rings is 2. The van der Waals surface area contributed by atoms with Crippen molar-refractivity contribution in [2.24, 2.45) is 0 Å². The number of pyridine rings is 1. The Morgan fingerprint density at radius 2 is 1.91 bits per heavy atom. The fraction of sp³-hybridized carbons (Fsp3) is 0.160. The zero-order valence-electron chi connectivity index (χ0n) is 17.5. The number of ether oxygens (including phenoxy) is 4. The van der Waals surface area contributed by atoms with Crippen LogP contribution in [0.15, 0.2) is 60.6 Å². The molecule has 160 valence electrons. The zero-order valence-corrected chi connectivity index (χ0v) is 17.5. The lowest BCUT2D eigenvalue weighted by molar-refractivity contribution is -0.135. The Balaban J connectivity index is 1.61. The van der Waals surface area contributed by atoms with Crippen LogP contribution in [-0.2, 0) is 4.79 Å². The molecular weight excluding hydrogens is 410 g/mol. The van der Waals surface area contributed by atoms with Crippen molar-refractivity contribution in [1.29, 1.82) is 0 Å². The monoisotopic (exact) mass is 429 g/mol. The molecule has 1 aromatic heterocycles. The molecule has 3 heterocycles. The third kappa shape index (κ3) is 3.19. The number of fused-ring (bicyclic) bond motifs is 3. The summed E-state index contributed by atoms with van der Waals surface area (Å²) in [6.45, 7) is 0. The van der Waals surface area contributed by atoms with Gasteiger partial charge in [0.1, 0.15) is 11.5 Å². The van der Waals surface area contributed by atoms with Crippen LogP contribution in [0.4, 0.5) is 0 Å². The molecule has 2 aliphatic rings. The minimum atomic E-state index is -0.340. The van der Waals surface area contributed by atoms with Gasteiger partial charge in [-0.15, -0.1) is 0 Å². The van der Waals surface area contributed by atoms with Crippen molar-refractivity contribution in [3.63, 3.8) is 0 Å². The number of hydrogen-bond acceptors (Lipinski definition) is 7. The number of hydrogen-bond donors (Lipinski definition) is 0. The molecule has 0 saturated carbocycles. The standard InChI is InChI=1S/C25H19NO6/c1-29-19-7-3-5-14(24(19)30-2)11-20-23(28)16-8-9-18-22(25(16)32-20)17(12-21(27)31-18)15-6-4-10-26-13-15/h3-11,13,17H,12H2,1-2H3/b20-11-/t17-/m1/s1.